The largest absolute Gasteiger partial charge is 0.493 e. The maximum Gasteiger partial charge on any atom is 0.258 e. The highest BCUT2D eigenvalue weighted by molar-refractivity contribution is 6.04. The first-order valence-corrected chi connectivity index (χ1v) is 10.9. The van der Waals surface area contributed by atoms with Crippen LogP contribution in [0.4, 0.5) is 5.95 Å². The molecule has 0 aliphatic carbocycles. The van der Waals surface area contributed by atoms with Crippen molar-refractivity contribution in [2.24, 2.45) is 0 Å². The number of fused-ring (bicyclic) bond motifs is 1. The van der Waals surface area contributed by atoms with Crippen molar-refractivity contribution in [3.05, 3.63) is 60.2 Å². The lowest BCUT2D eigenvalue weighted by atomic mass is 10.0. The maximum atomic E-state index is 13.2. The summed E-state index contributed by atoms with van der Waals surface area (Å²) < 4.78 is 13.0. The molecule has 170 valence electrons. The predicted octanol–water partition coefficient (Wildman–Crippen LogP) is 4.38. The molecule has 0 atom stereocenters. The summed E-state index contributed by atoms with van der Waals surface area (Å²) >= 11 is 0. The maximum absolute atomic E-state index is 13.2. The fraction of sp³-hybridized carbons (Fsp3) is 0.360. The molecule has 0 saturated heterocycles. The van der Waals surface area contributed by atoms with E-state index in [9.17, 15) is 4.79 Å². The van der Waals surface area contributed by atoms with Crippen LogP contribution in [0.5, 0.6) is 11.5 Å². The minimum atomic E-state index is -0.254. The van der Waals surface area contributed by atoms with Gasteiger partial charge in [0.2, 0.25) is 5.95 Å². The van der Waals surface area contributed by atoms with Gasteiger partial charge in [0, 0.05) is 24.2 Å². The van der Waals surface area contributed by atoms with Gasteiger partial charge in [-0.1, -0.05) is 32.1 Å². The molecule has 0 radical (unpaired) electrons. The molecule has 2 aromatic carbocycles. The molecule has 1 heterocycles. The van der Waals surface area contributed by atoms with E-state index < -0.39 is 0 Å². The summed E-state index contributed by atoms with van der Waals surface area (Å²) in [5.74, 6) is 1.39. The van der Waals surface area contributed by atoms with Gasteiger partial charge in [0.15, 0.2) is 11.5 Å². The Labute approximate surface area is 189 Å². The number of rotatable bonds is 11. The van der Waals surface area contributed by atoms with Crippen LogP contribution in [0.1, 0.15) is 29.8 Å². The molecule has 0 saturated carbocycles. The van der Waals surface area contributed by atoms with E-state index in [1.54, 1.807) is 32.4 Å². The van der Waals surface area contributed by atoms with Crippen molar-refractivity contribution in [1.29, 1.82) is 0 Å². The fourth-order valence-electron chi connectivity index (χ4n) is 3.83. The average molecular weight is 437 g/mol. The summed E-state index contributed by atoms with van der Waals surface area (Å²) in [4.78, 5) is 20.2. The van der Waals surface area contributed by atoms with Crippen molar-refractivity contribution >= 4 is 22.9 Å². The molecular formula is C25H32N4O3. The second-order valence-corrected chi connectivity index (χ2v) is 7.42. The average Bonchev–Trinajstić information content (AvgIpc) is 3.16. The van der Waals surface area contributed by atoms with Crippen LogP contribution < -0.4 is 14.8 Å². The molecule has 7 nitrogen and oxygen atoms in total. The van der Waals surface area contributed by atoms with Crippen molar-refractivity contribution in [2.45, 2.75) is 26.8 Å². The first-order valence-electron chi connectivity index (χ1n) is 10.9. The Morgan fingerprint density at radius 3 is 2.59 bits per heavy atom. The van der Waals surface area contributed by atoms with Crippen molar-refractivity contribution in [1.82, 2.24) is 14.5 Å². The third kappa shape index (κ3) is 4.94. The van der Waals surface area contributed by atoms with E-state index in [0.717, 1.165) is 42.8 Å². The third-order valence-corrected chi connectivity index (χ3v) is 5.60. The molecular weight excluding hydrogens is 404 g/mol. The number of hydrogen-bond donors (Lipinski definition) is 1. The number of benzene rings is 2. The number of anilines is 1. The minimum Gasteiger partial charge on any atom is -0.493 e. The number of carbonyl (C=O) groups excluding carboxylic acids is 1. The van der Waals surface area contributed by atoms with E-state index in [-0.39, 0.29) is 5.91 Å². The number of imidazole rings is 1. The molecule has 0 fully saturated rings. The Kier molecular flexibility index (Phi) is 7.89. The highest BCUT2D eigenvalue weighted by Gasteiger charge is 2.19. The number of nitrogens with zero attached hydrogens (tertiary/aromatic N) is 3. The Morgan fingerprint density at radius 2 is 1.94 bits per heavy atom. The van der Waals surface area contributed by atoms with Crippen LogP contribution in [0.2, 0.25) is 0 Å². The Bertz CT molecular complexity index is 1090. The lowest BCUT2D eigenvalue weighted by molar-refractivity contribution is 0.102. The van der Waals surface area contributed by atoms with Gasteiger partial charge in [-0.15, -0.1) is 6.58 Å². The van der Waals surface area contributed by atoms with Gasteiger partial charge in [0.25, 0.3) is 5.91 Å². The number of amides is 1. The molecule has 0 bridgehead atoms. The van der Waals surface area contributed by atoms with E-state index in [1.807, 2.05) is 24.3 Å². The SMILES string of the molecule is C=CCc1cc(C(=O)Nc2nc3ccccc3n2CCN(CC)CC)cc(OC)c1OC. The first kappa shape index (κ1) is 23.3. The number of carbonyl (C=O) groups is 1. The van der Waals surface area contributed by atoms with Gasteiger partial charge in [-0.05, 0) is 43.8 Å². The summed E-state index contributed by atoms with van der Waals surface area (Å²) in [6.07, 6.45) is 2.33. The molecule has 3 aromatic rings. The molecule has 1 N–H and O–H groups in total. The van der Waals surface area contributed by atoms with E-state index in [0.29, 0.717) is 29.4 Å². The molecule has 0 unspecified atom stereocenters. The molecule has 32 heavy (non-hydrogen) atoms. The van der Waals surface area contributed by atoms with Gasteiger partial charge in [-0.25, -0.2) is 4.98 Å². The summed E-state index contributed by atoms with van der Waals surface area (Å²) in [5, 5.41) is 3.01. The number of hydrogen-bond acceptors (Lipinski definition) is 5. The van der Waals surface area contributed by atoms with Gasteiger partial charge in [-0.3, -0.25) is 10.1 Å². The summed E-state index contributed by atoms with van der Waals surface area (Å²) in [6.45, 7) is 11.6. The number of likely N-dealkylation sites (N-methyl/N-ethyl adjacent to an activating group) is 1. The van der Waals surface area contributed by atoms with Gasteiger partial charge in [0.1, 0.15) is 0 Å². The smallest absolute Gasteiger partial charge is 0.258 e. The number of aromatic nitrogens is 2. The summed E-state index contributed by atoms with van der Waals surface area (Å²) in [5.41, 5.74) is 3.15. The second-order valence-electron chi connectivity index (χ2n) is 7.42. The predicted molar refractivity (Wildman–Crippen MR) is 129 cm³/mol. The molecule has 0 aliphatic heterocycles. The minimum absolute atomic E-state index is 0.254. The molecule has 7 heteroatoms. The zero-order valence-corrected chi connectivity index (χ0v) is 19.4. The molecule has 1 aromatic heterocycles. The number of nitrogens with one attached hydrogen (secondary N) is 1. The van der Waals surface area contributed by atoms with Crippen molar-refractivity contribution in [3.8, 4) is 11.5 Å². The van der Waals surface area contributed by atoms with Gasteiger partial charge in [-0.2, -0.15) is 0 Å². The lowest BCUT2D eigenvalue weighted by Crippen LogP contribution is -2.27. The monoisotopic (exact) mass is 436 g/mol. The number of para-hydroxylation sites is 2. The molecule has 0 spiro atoms. The highest BCUT2D eigenvalue weighted by Crippen LogP contribution is 2.33. The topological polar surface area (TPSA) is 68.6 Å². The van der Waals surface area contributed by atoms with E-state index in [1.165, 1.54) is 0 Å². The molecule has 1 amide bonds. The van der Waals surface area contributed by atoms with Gasteiger partial charge in [0.05, 0.1) is 25.3 Å². The Hall–Kier alpha value is -3.32. The van der Waals surface area contributed by atoms with Crippen LogP contribution in [-0.2, 0) is 13.0 Å². The first-order chi connectivity index (χ1) is 15.6. The lowest BCUT2D eigenvalue weighted by Gasteiger charge is -2.19. The molecule has 0 aliphatic rings. The normalized spacial score (nSPS) is 11.0. The second kappa shape index (κ2) is 10.8. The van der Waals surface area contributed by atoms with E-state index >= 15 is 0 Å². The molecule has 3 rings (SSSR count). The Morgan fingerprint density at radius 1 is 1.19 bits per heavy atom. The third-order valence-electron chi connectivity index (χ3n) is 5.60. The van der Waals surface area contributed by atoms with Crippen LogP contribution in [0.15, 0.2) is 49.1 Å². The van der Waals surface area contributed by atoms with Crippen molar-refractivity contribution in [3.63, 3.8) is 0 Å². The number of methoxy groups -OCH3 is 2. The van der Waals surface area contributed by atoms with Crippen LogP contribution >= 0.6 is 0 Å². The van der Waals surface area contributed by atoms with Crippen molar-refractivity contribution in [2.75, 3.05) is 39.2 Å². The van der Waals surface area contributed by atoms with E-state index in [2.05, 4.69) is 40.2 Å². The van der Waals surface area contributed by atoms with Gasteiger partial charge >= 0.3 is 0 Å². The zero-order valence-electron chi connectivity index (χ0n) is 19.4. The quantitative estimate of drug-likeness (QED) is 0.452. The van der Waals surface area contributed by atoms with E-state index in [4.69, 9.17) is 9.47 Å². The van der Waals surface area contributed by atoms with Gasteiger partial charge < -0.3 is 18.9 Å². The highest BCUT2D eigenvalue weighted by atomic mass is 16.5. The number of allylic oxidation sites excluding steroid dienone is 1. The summed E-state index contributed by atoms with van der Waals surface area (Å²) in [6, 6.07) is 11.4. The van der Waals surface area contributed by atoms with Crippen LogP contribution in [0, 0.1) is 0 Å². The van der Waals surface area contributed by atoms with Crippen molar-refractivity contribution < 1.29 is 14.3 Å². The van der Waals surface area contributed by atoms with Crippen LogP contribution in [0.25, 0.3) is 11.0 Å². The zero-order chi connectivity index (χ0) is 23.1. The number of ether oxygens (including phenoxy) is 2. The Balaban J connectivity index is 1.95. The summed E-state index contributed by atoms with van der Waals surface area (Å²) in [7, 11) is 3.15. The van der Waals surface area contributed by atoms with Crippen LogP contribution in [0.3, 0.4) is 0 Å². The fourth-order valence-corrected chi connectivity index (χ4v) is 3.83. The van der Waals surface area contributed by atoms with Crippen LogP contribution in [-0.4, -0.2) is 54.2 Å². The standard InChI is InChI=1S/C25H32N4O3/c1-6-11-18-16-19(17-22(31-4)23(18)32-5)24(30)27-25-26-20-12-9-10-13-21(20)29(25)15-14-28(7-2)8-3/h6,9-10,12-13,16-17H,1,7-8,11,14-15H2,2-5H3,(H,26,27,30).